The summed E-state index contributed by atoms with van der Waals surface area (Å²) >= 11 is 12.2. The lowest BCUT2D eigenvalue weighted by molar-refractivity contribution is 0.199. The Morgan fingerprint density at radius 3 is 2.70 bits per heavy atom. The number of hydrogen-bond acceptors (Lipinski definition) is 2. The van der Waals surface area contributed by atoms with E-state index in [1.807, 2.05) is 18.2 Å². The molecule has 1 aliphatic rings. The highest BCUT2D eigenvalue weighted by Crippen LogP contribution is 2.25. The zero-order valence-electron chi connectivity index (χ0n) is 12.2. The topological polar surface area (TPSA) is 15.3 Å². The number of piperidine rings is 1. The highest BCUT2D eigenvalue weighted by Gasteiger charge is 2.13. The van der Waals surface area contributed by atoms with Crippen LogP contribution in [0.3, 0.4) is 0 Å². The highest BCUT2D eigenvalue weighted by atomic mass is 35.5. The second-order valence-electron chi connectivity index (χ2n) is 5.81. The van der Waals surface area contributed by atoms with Gasteiger partial charge in [-0.2, -0.15) is 0 Å². The predicted molar refractivity (Wildman–Crippen MR) is 87.6 cm³/mol. The molecule has 1 aliphatic heterocycles. The fraction of sp³-hybridized carbons (Fsp3) is 0.625. The van der Waals surface area contributed by atoms with Crippen LogP contribution in [0.15, 0.2) is 18.2 Å². The minimum Gasteiger partial charge on any atom is -0.312 e. The molecule has 1 fully saturated rings. The zero-order valence-corrected chi connectivity index (χ0v) is 13.7. The normalized spacial score (nSPS) is 18.1. The van der Waals surface area contributed by atoms with Crippen molar-refractivity contribution in [3.63, 3.8) is 0 Å². The molecule has 0 aromatic heterocycles. The van der Waals surface area contributed by atoms with Crippen molar-refractivity contribution in [2.24, 2.45) is 5.92 Å². The second kappa shape index (κ2) is 8.23. The van der Waals surface area contributed by atoms with Crippen molar-refractivity contribution in [1.82, 2.24) is 10.2 Å². The number of hydrogen-bond donors (Lipinski definition) is 1. The van der Waals surface area contributed by atoms with Crippen LogP contribution in [0.4, 0.5) is 0 Å². The number of benzene rings is 1. The molecule has 112 valence electrons. The van der Waals surface area contributed by atoms with Gasteiger partial charge >= 0.3 is 0 Å². The average molecular weight is 315 g/mol. The molecule has 1 heterocycles. The Hall–Kier alpha value is -0.280. The number of halogens is 2. The molecule has 0 bridgehead atoms. The number of likely N-dealkylation sites (tertiary alicyclic amines) is 1. The molecule has 0 spiro atoms. The predicted octanol–water partition coefficient (Wildman–Crippen LogP) is 4.21. The van der Waals surface area contributed by atoms with E-state index in [1.165, 1.54) is 38.9 Å². The van der Waals surface area contributed by atoms with Crippen LogP contribution in [0.25, 0.3) is 0 Å². The van der Waals surface area contributed by atoms with Crippen LogP contribution in [0.2, 0.25) is 10.0 Å². The van der Waals surface area contributed by atoms with Crippen molar-refractivity contribution in [3.05, 3.63) is 33.8 Å². The van der Waals surface area contributed by atoms with Crippen LogP contribution in [-0.2, 0) is 6.54 Å². The molecule has 0 aliphatic carbocycles. The van der Waals surface area contributed by atoms with Gasteiger partial charge in [-0.15, -0.1) is 0 Å². The summed E-state index contributed by atoms with van der Waals surface area (Å²) < 4.78 is 0. The third-order valence-electron chi connectivity index (χ3n) is 3.86. The summed E-state index contributed by atoms with van der Waals surface area (Å²) in [6.45, 7) is 7.83. The number of nitrogens with one attached hydrogen (secondary N) is 1. The Morgan fingerprint density at radius 1 is 1.20 bits per heavy atom. The lowest BCUT2D eigenvalue weighted by Gasteiger charge is -2.29. The van der Waals surface area contributed by atoms with Gasteiger partial charge in [-0.25, -0.2) is 0 Å². The van der Waals surface area contributed by atoms with E-state index in [4.69, 9.17) is 23.2 Å². The Labute approximate surface area is 132 Å². The summed E-state index contributed by atoms with van der Waals surface area (Å²) in [5.41, 5.74) is 1.07. The molecule has 1 saturated heterocycles. The summed E-state index contributed by atoms with van der Waals surface area (Å²) in [6, 6.07) is 5.80. The van der Waals surface area contributed by atoms with E-state index in [1.54, 1.807) is 0 Å². The van der Waals surface area contributed by atoms with Crippen molar-refractivity contribution in [1.29, 1.82) is 0 Å². The molecular formula is C16H24Cl2N2. The third-order valence-corrected chi connectivity index (χ3v) is 4.72. The van der Waals surface area contributed by atoms with Crippen LogP contribution < -0.4 is 5.32 Å². The van der Waals surface area contributed by atoms with Gasteiger partial charge in [0.1, 0.15) is 0 Å². The second-order valence-corrected chi connectivity index (χ2v) is 6.60. The first-order valence-corrected chi connectivity index (χ1v) is 8.28. The minimum absolute atomic E-state index is 0.632. The zero-order chi connectivity index (χ0) is 14.4. The lowest BCUT2D eigenvalue weighted by Crippen LogP contribution is -2.36. The van der Waals surface area contributed by atoms with E-state index < -0.39 is 0 Å². The molecular weight excluding hydrogens is 291 g/mol. The molecule has 0 radical (unpaired) electrons. The van der Waals surface area contributed by atoms with Gasteiger partial charge in [-0.3, -0.25) is 0 Å². The standard InChI is InChI=1S/C16H24Cl2N2/c1-13(12-20-8-3-2-4-9-20)10-19-11-14-6-5-7-15(17)16(14)18/h5-7,13,19H,2-4,8-12H2,1H3. The first-order valence-electron chi connectivity index (χ1n) is 7.53. The molecule has 0 saturated carbocycles. The largest absolute Gasteiger partial charge is 0.312 e. The van der Waals surface area contributed by atoms with Crippen LogP contribution >= 0.6 is 23.2 Å². The fourth-order valence-corrected chi connectivity index (χ4v) is 3.17. The van der Waals surface area contributed by atoms with E-state index in [9.17, 15) is 0 Å². The Bertz CT molecular complexity index is 417. The highest BCUT2D eigenvalue weighted by molar-refractivity contribution is 6.42. The van der Waals surface area contributed by atoms with E-state index in [0.29, 0.717) is 16.0 Å². The first-order chi connectivity index (χ1) is 9.66. The molecule has 1 aromatic rings. The van der Waals surface area contributed by atoms with Gasteiger partial charge in [0.2, 0.25) is 0 Å². The maximum absolute atomic E-state index is 6.18. The molecule has 1 unspecified atom stereocenters. The minimum atomic E-state index is 0.632. The molecule has 2 rings (SSSR count). The van der Waals surface area contributed by atoms with Gasteiger partial charge in [0.25, 0.3) is 0 Å². The third kappa shape index (κ3) is 4.92. The van der Waals surface area contributed by atoms with E-state index in [-0.39, 0.29) is 0 Å². The Morgan fingerprint density at radius 2 is 1.95 bits per heavy atom. The lowest BCUT2D eigenvalue weighted by atomic mass is 10.1. The molecule has 1 atom stereocenters. The molecule has 1 aromatic carbocycles. The van der Waals surface area contributed by atoms with Crippen molar-refractivity contribution in [2.45, 2.75) is 32.7 Å². The molecule has 2 nitrogen and oxygen atoms in total. The SMILES string of the molecule is CC(CNCc1cccc(Cl)c1Cl)CN1CCCCC1. The van der Waals surface area contributed by atoms with Gasteiger partial charge in [0.15, 0.2) is 0 Å². The van der Waals surface area contributed by atoms with Crippen LogP contribution in [0.1, 0.15) is 31.7 Å². The average Bonchev–Trinajstić information content (AvgIpc) is 2.44. The summed E-state index contributed by atoms with van der Waals surface area (Å²) in [5.74, 6) is 0.658. The van der Waals surface area contributed by atoms with Crippen LogP contribution in [-0.4, -0.2) is 31.1 Å². The molecule has 0 amide bonds. The summed E-state index contributed by atoms with van der Waals surface area (Å²) in [5, 5.41) is 4.79. The summed E-state index contributed by atoms with van der Waals surface area (Å²) in [6.07, 6.45) is 4.12. The number of nitrogens with zero attached hydrogens (tertiary/aromatic N) is 1. The van der Waals surface area contributed by atoms with Crippen molar-refractivity contribution >= 4 is 23.2 Å². The van der Waals surface area contributed by atoms with E-state index in [2.05, 4.69) is 17.1 Å². The van der Waals surface area contributed by atoms with Gasteiger partial charge in [0.05, 0.1) is 10.0 Å². The first kappa shape index (κ1) is 16.1. The van der Waals surface area contributed by atoms with Gasteiger partial charge in [-0.1, -0.05) is 48.7 Å². The maximum atomic E-state index is 6.18. The van der Waals surface area contributed by atoms with Crippen molar-refractivity contribution < 1.29 is 0 Å². The van der Waals surface area contributed by atoms with Crippen molar-refractivity contribution in [3.8, 4) is 0 Å². The molecule has 20 heavy (non-hydrogen) atoms. The Balaban J connectivity index is 1.70. The van der Waals surface area contributed by atoms with Gasteiger partial charge in [0, 0.05) is 13.1 Å². The molecule has 1 N–H and O–H groups in total. The number of rotatable bonds is 6. The van der Waals surface area contributed by atoms with E-state index >= 15 is 0 Å². The van der Waals surface area contributed by atoms with Crippen LogP contribution in [0.5, 0.6) is 0 Å². The fourth-order valence-electron chi connectivity index (χ4n) is 2.79. The van der Waals surface area contributed by atoms with Crippen molar-refractivity contribution in [2.75, 3.05) is 26.2 Å². The monoisotopic (exact) mass is 314 g/mol. The maximum Gasteiger partial charge on any atom is 0.0637 e. The van der Waals surface area contributed by atoms with Gasteiger partial charge in [-0.05, 0) is 50.0 Å². The summed E-state index contributed by atoms with van der Waals surface area (Å²) in [4.78, 5) is 2.59. The van der Waals surface area contributed by atoms with E-state index in [0.717, 1.165) is 18.7 Å². The molecule has 4 heteroatoms. The quantitative estimate of drug-likeness (QED) is 0.846. The van der Waals surface area contributed by atoms with Crippen LogP contribution in [0, 0.1) is 5.92 Å². The summed E-state index contributed by atoms with van der Waals surface area (Å²) in [7, 11) is 0. The smallest absolute Gasteiger partial charge is 0.0637 e. The van der Waals surface area contributed by atoms with Gasteiger partial charge < -0.3 is 10.2 Å². The Kier molecular flexibility index (Phi) is 6.63.